The molecule has 1 heterocycles. The van der Waals surface area contributed by atoms with Gasteiger partial charge in [-0.2, -0.15) is 0 Å². The fourth-order valence-electron chi connectivity index (χ4n) is 3.22. The number of anilines is 1. The number of carbonyl (C=O) groups is 1. The summed E-state index contributed by atoms with van der Waals surface area (Å²) in [7, 11) is 0. The number of ether oxygens (including phenoxy) is 2. The highest BCUT2D eigenvalue weighted by Crippen LogP contribution is 2.36. The van der Waals surface area contributed by atoms with Crippen molar-refractivity contribution < 1.29 is 14.3 Å². The molecule has 5 heteroatoms. The average molecular weight is 379 g/mol. The molecular formula is C22H38N2O3. The van der Waals surface area contributed by atoms with Gasteiger partial charge in [-0.3, -0.25) is 0 Å². The van der Waals surface area contributed by atoms with Crippen LogP contribution in [0.1, 0.15) is 78.4 Å². The molecule has 5 nitrogen and oxygen atoms in total. The van der Waals surface area contributed by atoms with E-state index in [0.29, 0.717) is 24.7 Å². The number of hydrogen-bond donors (Lipinski definition) is 1. The Hall–Kier alpha value is -1.91. The molecule has 0 aliphatic carbocycles. The maximum absolute atomic E-state index is 12.2. The Morgan fingerprint density at radius 1 is 1.19 bits per heavy atom. The van der Waals surface area contributed by atoms with Gasteiger partial charge in [-0.05, 0) is 83.6 Å². The molecular weight excluding hydrogens is 340 g/mol. The second-order valence-corrected chi connectivity index (χ2v) is 8.15. The van der Waals surface area contributed by atoms with E-state index in [1.165, 1.54) is 11.1 Å². The predicted molar refractivity (Wildman–Crippen MR) is 112 cm³/mol. The van der Waals surface area contributed by atoms with Crippen LogP contribution in [0.2, 0.25) is 0 Å². The molecule has 0 saturated carbocycles. The van der Waals surface area contributed by atoms with Crippen LogP contribution >= 0.6 is 0 Å². The Morgan fingerprint density at radius 3 is 2.22 bits per heavy atom. The SMILES string of the molecule is CC.Cc1cc(N)c(OC(C)C)cc1C1CCN(C(=O)OC(C)(C)C)CC1. The molecule has 27 heavy (non-hydrogen) atoms. The highest BCUT2D eigenvalue weighted by atomic mass is 16.6. The minimum absolute atomic E-state index is 0.0897. The van der Waals surface area contributed by atoms with Gasteiger partial charge in [-0.1, -0.05) is 13.8 Å². The molecule has 2 rings (SSSR count). The average Bonchev–Trinajstić information content (AvgIpc) is 2.57. The number of nitrogen functional groups attached to an aromatic ring is 1. The number of hydrogen-bond acceptors (Lipinski definition) is 4. The lowest BCUT2D eigenvalue weighted by Gasteiger charge is -2.34. The first-order valence-electron chi connectivity index (χ1n) is 10.1. The van der Waals surface area contributed by atoms with Crippen LogP contribution in [-0.2, 0) is 4.74 Å². The second kappa shape index (κ2) is 9.86. The molecule has 154 valence electrons. The highest BCUT2D eigenvalue weighted by Gasteiger charge is 2.28. The van der Waals surface area contributed by atoms with E-state index in [1.54, 1.807) is 4.90 Å². The zero-order valence-electron chi connectivity index (χ0n) is 18.4. The number of amides is 1. The largest absolute Gasteiger partial charge is 0.489 e. The minimum Gasteiger partial charge on any atom is -0.489 e. The van der Waals surface area contributed by atoms with Gasteiger partial charge in [-0.15, -0.1) is 0 Å². The van der Waals surface area contributed by atoms with E-state index in [-0.39, 0.29) is 12.2 Å². The molecule has 0 radical (unpaired) electrons. The van der Waals surface area contributed by atoms with Crippen LogP contribution in [-0.4, -0.2) is 35.8 Å². The predicted octanol–water partition coefficient (Wildman–Crippen LogP) is 5.51. The van der Waals surface area contributed by atoms with E-state index >= 15 is 0 Å². The number of nitrogens with zero attached hydrogens (tertiary/aromatic N) is 1. The normalized spacial score (nSPS) is 15.2. The van der Waals surface area contributed by atoms with Crippen LogP contribution < -0.4 is 10.5 Å². The zero-order chi connectivity index (χ0) is 20.8. The Balaban J connectivity index is 0.00000176. The van der Waals surface area contributed by atoms with E-state index in [1.807, 2.05) is 54.5 Å². The summed E-state index contributed by atoms with van der Waals surface area (Å²) >= 11 is 0. The third-order valence-corrected chi connectivity index (χ3v) is 4.35. The summed E-state index contributed by atoms with van der Waals surface area (Å²) in [6, 6.07) is 4.08. The summed E-state index contributed by atoms with van der Waals surface area (Å²) in [4.78, 5) is 14.0. The van der Waals surface area contributed by atoms with Gasteiger partial charge < -0.3 is 20.1 Å². The number of carbonyl (C=O) groups excluding carboxylic acids is 1. The third-order valence-electron chi connectivity index (χ3n) is 4.35. The van der Waals surface area contributed by atoms with Gasteiger partial charge in [0.15, 0.2) is 0 Å². The number of nitrogens with two attached hydrogens (primary N) is 1. The minimum atomic E-state index is -0.454. The molecule has 1 aromatic rings. The topological polar surface area (TPSA) is 64.8 Å². The van der Waals surface area contributed by atoms with Gasteiger partial charge in [0, 0.05) is 13.1 Å². The van der Waals surface area contributed by atoms with Crippen molar-refractivity contribution in [1.29, 1.82) is 0 Å². The molecule has 0 aromatic heterocycles. The van der Waals surface area contributed by atoms with Crippen molar-refractivity contribution in [3.05, 3.63) is 23.3 Å². The molecule has 2 N–H and O–H groups in total. The van der Waals surface area contributed by atoms with Crippen LogP contribution in [0.4, 0.5) is 10.5 Å². The summed E-state index contributed by atoms with van der Waals surface area (Å²) in [6.45, 7) is 17.2. The molecule has 1 fully saturated rings. The van der Waals surface area contributed by atoms with Crippen molar-refractivity contribution >= 4 is 11.8 Å². The lowest BCUT2D eigenvalue weighted by molar-refractivity contribution is 0.0204. The molecule has 0 unspecified atom stereocenters. The van der Waals surface area contributed by atoms with Crippen LogP contribution in [0.3, 0.4) is 0 Å². The number of likely N-dealkylation sites (tertiary alicyclic amines) is 1. The number of benzene rings is 1. The van der Waals surface area contributed by atoms with E-state index in [9.17, 15) is 4.79 Å². The Morgan fingerprint density at radius 2 is 1.74 bits per heavy atom. The summed E-state index contributed by atoms with van der Waals surface area (Å²) < 4.78 is 11.3. The Bertz CT molecular complexity index is 613. The first-order chi connectivity index (χ1) is 12.6. The fourth-order valence-corrected chi connectivity index (χ4v) is 3.22. The van der Waals surface area contributed by atoms with Crippen LogP contribution in [0, 0.1) is 6.92 Å². The van der Waals surface area contributed by atoms with Crippen LogP contribution in [0.5, 0.6) is 5.75 Å². The number of piperidine rings is 1. The van der Waals surface area contributed by atoms with Gasteiger partial charge in [0.25, 0.3) is 0 Å². The summed E-state index contributed by atoms with van der Waals surface area (Å²) in [5.41, 5.74) is 8.78. The van der Waals surface area contributed by atoms with E-state index in [4.69, 9.17) is 15.2 Å². The molecule has 1 aliphatic heterocycles. The maximum atomic E-state index is 12.2. The van der Waals surface area contributed by atoms with Crippen molar-refractivity contribution in [3.8, 4) is 5.75 Å². The number of rotatable bonds is 3. The molecule has 0 atom stereocenters. The van der Waals surface area contributed by atoms with Crippen LogP contribution in [0.15, 0.2) is 12.1 Å². The first-order valence-corrected chi connectivity index (χ1v) is 10.1. The van der Waals surface area contributed by atoms with Crippen LogP contribution in [0.25, 0.3) is 0 Å². The standard InChI is InChI=1S/C20H32N2O3.C2H6/c1-13(2)24-18-12-16(14(3)11-17(18)21)15-7-9-22(10-8-15)19(23)25-20(4,5)6;1-2/h11-13,15H,7-10,21H2,1-6H3;1-2H3. The van der Waals surface area contributed by atoms with Crippen molar-refractivity contribution in [3.63, 3.8) is 0 Å². The van der Waals surface area contributed by atoms with Gasteiger partial charge in [-0.25, -0.2) is 4.79 Å². The second-order valence-electron chi connectivity index (χ2n) is 8.15. The number of aryl methyl sites for hydroxylation is 1. The lowest BCUT2D eigenvalue weighted by atomic mass is 9.86. The Labute approximate surface area is 165 Å². The van der Waals surface area contributed by atoms with Gasteiger partial charge in [0.2, 0.25) is 0 Å². The molecule has 1 saturated heterocycles. The maximum Gasteiger partial charge on any atom is 0.410 e. The quantitative estimate of drug-likeness (QED) is 0.705. The van der Waals surface area contributed by atoms with Crippen molar-refractivity contribution in [2.75, 3.05) is 18.8 Å². The first kappa shape index (κ1) is 23.1. The van der Waals surface area contributed by atoms with Gasteiger partial charge in [0.05, 0.1) is 11.8 Å². The summed E-state index contributed by atoms with van der Waals surface area (Å²) in [5, 5.41) is 0. The fraction of sp³-hybridized carbons (Fsp3) is 0.682. The van der Waals surface area contributed by atoms with E-state index in [0.717, 1.165) is 18.6 Å². The van der Waals surface area contributed by atoms with Crippen molar-refractivity contribution in [1.82, 2.24) is 4.90 Å². The smallest absolute Gasteiger partial charge is 0.410 e. The van der Waals surface area contributed by atoms with Gasteiger partial charge >= 0.3 is 6.09 Å². The van der Waals surface area contributed by atoms with Crippen molar-refractivity contribution in [2.45, 2.75) is 85.9 Å². The van der Waals surface area contributed by atoms with E-state index in [2.05, 4.69) is 13.0 Å². The van der Waals surface area contributed by atoms with Gasteiger partial charge in [0.1, 0.15) is 11.4 Å². The third kappa shape index (κ3) is 6.96. The molecule has 0 spiro atoms. The molecule has 1 aromatic carbocycles. The molecule has 0 bridgehead atoms. The summed E-state index contributed by atoms with van der Waals surface area (Å²) in [6.07, 6.45) is 1.71. The van der Waals surface area contributed by atoms with Crippen molar-refractivity contribution in [2.24, 2.45) is 0 Å². The van der Waals surface area contributed by atoms with E-state index < -0.39 is 5.60 Å². The Kier molecular flexibility index (Phi) is 8.45. The zero-order valence-corrected chi connectivity index (χ0v) is 18.4. The monoisotopic (exact) mass is 378 g/mol. The molecule has 1 aliphatic rings. The highest BCUT2D eigenvalue weighted by molar-refractivity contribution is 5.68. The summed E-state index contributed by atoms with van der Waals surface area (Å²) in [5.74, 6) is 1.17. The lowest BCUT2D eigenvalue weighted by Crippen LogP contribution is -2.41. The molecule has 1 amide bonds.